The molecule has 0 saturated heterocycles. The van der Waals surface area contributed by atoms with E-state index in [1.54, 1.807) is 6.07 Å². The van der Waals surface area contributed by atoms with Crippen molar-refractivity contribution in [2.75, 3.05) is 57.3 Å². The number of nitrogens with zero attached hydrogens (tertiary/aromatic N) is 3. The van der Waals surface area contributed by atoms with E-state index >= 15 is 0 Å². The zero-order valence-electron chi connectivity index (χ0n) is 14.2. The number of benzene rings is 1. The normalized spacial score (nSPS) is 10.9. The minimum absolute atomic E-state index is 0.0323. The lowest BCUT2D eigenvalue weighted by atomic mass is 10.1. The third kappa shape index (κ3) is 4.98. The third-order valence-corrected chi connectivity index (χ3v) is 3.40. The molecule has 7 nitrogen and oxygen atoms in total. The zero-order chi connectivity index (χ0) is 18.1. The standard InChI is InChI=1S/C17H23N3O4/c1-19(2)16-11-13(10-14(12-18)17(23)24-3)4-5-15(16)20(6-8-21)7-9-22/h4-5,10-11,21-22H,6-9H2,1-3H3/b14-10-. The predicted octanol–water partition coefficient (Wildman–Crippen LogP) is 0.624. The molecule has 0 aliphatic rings. The van der Waals surface area contributed by atoms with Crippen LogP contribution in [-0.4, -0.2) is 63.7 Å². The first-order valence-corrected chi connectivity index (χ1v) is 7.46. The quantitative estimate of drug-likeness (QED) is 0.409. The summed E-state index contributed by atoms with van der Waals surface area (Å²) in [4.78, 5) is 15.3. The van der Waals surface area contributed by atoms with Crippen LogP contribution in [0.1, 0.15) is 5.56 Å². The van der Waals surface area contributed by atoms with Gasteiger partial charge in [-0.05, 0) is 23.8 Å². The van der Waals surface area contributed by atoms with Gasteiger partial charge in [0, 0.05) is 27.2 Å². The van der Waals surface area contributed by atoms with E-state index in [1.807, 2.05) is 42.1 Å². The van der Waals surface area contributed by atoms with E-state index < -0.39 is 5.97 Å². The maximum Gasteiger partial charge on any atom is 0.348 e. The van der Waals surface area contributed by atoms with Gasteiger partial charge in [-0.15, -0.1) is 0 Å². The number of ether oxygens (including phenoxy) is 1. The molecule has 24 heavy (non-hydrogen) atoms. The lowest BCUT2D eigenvalue weighted by molar-refractivity contribution is -0.135. The summed E-state index contributed by atoms with van der Waals surface area (Å²) in [6.07, 6.45) is 1.46. The summed E-state index contributed by atoms with van der Waals surface area (Å²) in [6.45, 7) is 0.718. The lowest BCUT2D eigenvalue weighted by Gasteiger charge is -2.28. The summed E-state index contributed by atoms with van der Waals surface area (Å²) in [6, 6.07) is 7.26. The number of rotatable bonds is 8. The van der Waals surface area contributed by atoms with Gasteiger partial charge in [-0.25, -0.2) is 4.79 Å². The van der Waals surface area contributed by atoms with Crippen LogP contribution >= 0.6 is 0 Å². The molecule has 1 aromatic rings. The highest BCUT2D eigenvalue weighted by molar-refractivity contribution is 5.98. The van der Waals surface area contributed by atoms with E-state index in [9.17, 15) is 15.0 Å². The van der Waals surface area contributed by atoms with Gasteiger partial charge in [0.15, 0.2) is 0 Å². The Hall–Kier alpha value is -2.56. The molecule has 0 unspecified atom stereocenters. The van der Waals surface area contributed by atoms with E-state index in [4.69, 9.17) is 5.26 Å². The van der Waals surface area contributed by atoms with Crippen LogP contribution in [0.2, 0.25) is 0 Å². The van der Waals surface area contributed by atoms with Crippen LogP contribution in [0.15, 0.2) is 23.8 Å². The Kier molecular flexibility index (Phi) is 7.75. The van der Waals surface area contributed by atoms with Gasteiger partial charge in [-0.3, -0.25) is 0 Å². The fourth-order valence-corrected chi connectivity index (χ4v) is 2.26. The van der Waals surface area contributed by atoms with Crippen LogP contribution < -0.4 is 9.80 Å². The second-order valence-electron chi connectivity index (χ2n) is 5.24. The monoisotopic (exact) mass is 333 g/mol. The van der Waals surface area contributed by atoms with E-state index in [-0.39, 0.29) is 18.8 Å². The maximum absolute atomic E-state index is 11.5. The minimum atomic E-state index is -0.685. The largest absolute Gasteiger partial charge is 0.465 e. The number of aliphatic hydroxyl groups excluding tert-OH is 2. The number of aliphatic hydroxyl groups is 2. The van der Waals surface area contributed by atoms with Crippen LogP contribution in [0.5, 0.6) is 0 Å². The molecule has 1 rings (SSSR count). The fourth-order valence-electron chi connectivity index (χ4n) is 2.26. The molecule has 0 amide bonds. The van der Waals surface area contributed by atoms with Gasteiger partial charge in [0.2, 0.25) is 0 Å². The molecule has 0 aromatic heterocycles. The first kappa shape index (κ1) is 19.5. The second kappa shape index (κ2) is 9.55. The maximum atomic E-state index is 11.5. The summed E-state index contributed by atoms with van der Waals surface area (Å²) in [5.74, 6) is -0.685. The summed E-state index contributed by atoms with van der Waals surface area (Å²) in [5, 5.41) is 27.5. The molecule has 0 spiro atoms. The topological polar surface area (TPSA) is 97.0 Å². The number of esters is 1. The molecule has 0 saturated carbocycles. The number of hydrogen-bond acceptors (Lipinski definition) is 7. The molecule has 7 heteroatoms. The molecule has 0 atom stereocenters. The summed E-state index contributed by atoms with van der Waals surface area (Å²) in [7, 11) is 4.96. The zero-order valence-corrected chi connectivity index (χ0v) is 14.2. The van der Waals surface area contributed by atoms with Gasteiger partial charge >= 0.3 is 5.97 Å². The number of nitriles is 1. The number of hydrogen-bond donors (Lipinski definition) is 2. The number of carbonyl (C=O) groups excluding carboxylic acids is 1. The molecule has 0 bridgehead atoms. The molecule has 1 aromatic carbocycles. The second-order valence-corrected chi connectivity index (χ2v) is 5.24. The first-order chi connectivity index (χ1) is 11.5. The third-order valence-electron chi connectivity index (χ3n) is 3.40. The van der Waals surface area contributed by atoms with Gasteiger partial charge in [-0.2, -0.15) is 5.26 Å². The predicted molar refractivity (Wildman–Crippen MR) is 92.8 cm³/mol. The van der Waals surface area contributed by atoms with Crippen LogP contribution in [0.3, 0.4) is 0 Å². The molecule has 0 aliphatic carbocycles. The van der Waals surface area contributed by atoms with Crippen molar-refractivity contribution >= 4 is 23.4 Å². The Morgan fingerprint density at radius 2 is 1.88 bits per heavy atom. The molecular formula is C17H23N3O4. The number of methoxy groups -OCH3 is 1. The SMILES string of the molecule is COC(=O)/C(C#N)=C\c1ccc(N(CCO)CCO)c(N(C)C)c1. The Morgan fingerprint density at radius 3 is 2.33 bits per heavy atom. The van der Waals surface area contributed by atoms with E-state index in [0.717, 1.165) is 11.4 Å². The highest BCUT2D eigenvalue weighted by atomic mass is 16.5. The minimum Gasteiger partial charge on any atom is -0.465 e. The van der Waals surface area contributed by atoms with Crippen LogP contribution in [0.4, 0.5) is 11.4 Å². The Labute approximate surface area is 142 Å². The summed E-state index contributed by atoms with van der Waals surface area (Å²) < 4.78 is 4.58. The van der Waals surface area contributed by atoms with Crippen molar-refractivity contribution in [3.63, 3.8) is 0 Å². The molecular weight excluding hydrogens is 310 g/mol. The number of carbonyl (C=O) groups is 1. The fraction of sp³-hybridized carbons (Fsp3) is 0.412. The highest BCUT2D eigenvalue weighted by Gasteiger charge is 2.14. The van der Waals surface area contributed by atoms with Crippen molar-refractivity contribution in [3.8, 4) is 6.07 Å². The molecule has 0 heterocycles. The van der Waals surface area contributed by atoms with Crippen molar-refractivity contribution in [3.05, 3.63) is 29.3 Å². The van der Waals surface area contributed by atoms with Crippen LogP contribution in [0.25, 0.3) is 6.08 Å². The molecule has 130 valence electrons. The lowest BCUT2D eigenvalue weighted by Crippen LogP contribution is -2.31. The van der Waals surface area contributed by atoms with Crippen molar-refractivity contribution in [2.45, 2.75) is 0 Å². The Balaban J connectivity index is 3.31. The highest BCUT2D eigenvalue weighted by Crippen LogP contribution is 2.30. The van der Waals surface area contributed by atoms with Crippen LogP contribution in [0, 0.1) is 11.3 Å². The van der Waals surface area contributed by atoms with Crippen molar-refractivity contribution in [2.24, 2.45) is 0 Å². The van der Waals surface area contributed by atoms with Gasteiger partial charge < -0.3 is 24.7 Å². The van der Waals surface area contributed by atoms with Crippen LogP contribution in [-0.2, 0) is 9.53 Å². The average Bonchev–Trinajstić information content (AvgIpc) is 2.58. The van der Waals surface area contributed by atoms with Gasteiger partial charge in [-0.1, -0.05) is 6.07 Å². The van der Waals surface area contributed by atoms with Crippen molar-refractivity contribution < 1.29 is 19.7 Å². The first-order valence-electron chi connectivity index (χ1n) is 7.46. The van der Waals surface area contributed by atoms with Gasteiger partial charge in [0.25, 0.3) is 0 Å². The Bertz CT molecular complexity index is 629. The van der Waals surface area contributed by atoms with Crippen molar-refractivity contribution in [1.29, 1.82) is 5.26 Å². The Morgan fingerprint density at radius 1 is 1.25 bits per heavy atom. The average molecular weight is 333 g/mol. The molecule has 0 radical (unpaired) electrons. The van der Waals surface area contributed by atoms with E-state index in [1.165, 1.54) is 13.2 Å². The van der Waals surface area contributed by atoms with E-state index in [0.29, 0.717) is 18.7 Å². The smallest absolute Gasteiger partial charge is 0.348 e. The summed E-state index contributed by atoms with van der Waals surface area (Å²) >= 11 is 0. The molecule has 0 aliphatic heterocycles. The molecule has 0 fully saturated rings. The van der Waals surface area contributed by atoms with Crippen molar-refractivity contribution in [1.82, 2.24) is 0 Å². The summed E-state index contributed by atoms with van der Waals surface area (Å²) in [5.41, 5.74) is 2.28. The van der Waals surface area contributed by atoms with Gasteiger partial charge in [0.1, 0.15) is 11.6 Å². The van der Waals surface area contributed by atoms with Gasteiger partial charge in [0.05, 0.1) is 31.7 Å². The van der Waals surface area contributed by atoms with E-state index in [2.05, 4.69) is 4.74 Å². The molecule has 2 N–H and O–H groups in total. The number of anilines is 2.